The van der Waals surface area contributed by atoms with Crippen LogP contribution in [0.25, 0.3) is 11.0 Å². The predicted octanol–water partition coefficient (Wildman–Crippen LogP) is 3.46. The Morgan fingerprint density at radius 2 is 1.80 bits per heavy atom. The van der Waals surface area contributed by atoms with Crippen molar-refractivity contribution in [3.8, 4) is 0 Å². The van der Waals surface area contributed by atoms with Crippen molar-refractivity contribution in [3.05, 3.63) is 36.4 Å². The summed E-state index contributed by atoms with van der Waals surface area (Å²) in [6.07, 6.45) is 1.72. The van der Waals surface area contributed by atoms with Crippen LogP contribution in [0.5, 0.6) is 0 Å². The summed E-state index contributed by atoms with van der Waals surface area (Å²) in [6.45, 7) is 6.10. The Morgan fingerprint density at radius 3 is 2.50 bits per heavy atom. The summed E-state index contributed by atoms with van der Waals surface area (Å²) >= 11 is 1.33. The summed E-state index contributed by atoms with van der Waals surface area (Å²) in [4.78, 5) is 8.87. The summed E-state index contributed by atoms with van der Waals surface area (Å²) in [5.74, 6) is 0.619. The molecule has 0 spiro atoms. The van der Waals surface area contributed by atoms with Gasteiger partial charge in [-0.15, -0.1) is 10.2 Å². The molecule has 0 aliphatic carbocycles. The molecule has 0 bridgehead atoms. The first-order valence-corrected chi connectivity index (χ1v) is 7.08. The van der Waals surface area contributed by atoms with E-state index in [1.807, 2.05) is 45.0 Å². The number of hydrogen-bond acceptors (Lipinski definition) is 6. The smallest absolute Gasteiger partial charge is 0.283 e. The molecular formula is C14H14N4OS. The zero-order valence-corrected chi connectivity index (χ0v) is 12.3. The molecule has 1 aromatic carbocycles. The maximum Gasteiger partial charge on any atom is 0.283 e. The molecule has 0 fully saturated rings. The maximum absolute atomic E-state index is 5.64. The summed E-state index contributed by atoms with van der Waals surface area (Å²) in [5, 5.41) is 9.33. The van der Waals surface area contributed by atoms with Crippen molar-refractivity contribution in [1.82, 2.24) is 20.2 Å². The second kappa shape index (κ2) is 4.86. The Kier molecular flexibility index (Phi) is 3.17. The molecule has 2 heterocycles. The Bertz CT molecular complexity index is 748. The molecule has 3 rings (SSSR count). The minimum Gasteiger partial charge on any atom is -0.415 e. The number of fused-ring (bicyclic) bond motifs is 1. The van der Waals surface area contributed by atoms with Gasteiger partial charge in [0.15, 0.2) is 0 Å². The fraction of sp³-hybridized carbons (Fsp3) is 0.286. The van der Waals surface area contributed by atoms with Gasteiger partial charge in [-0.2, -0.15) is 0 Å². The molecule has 0 atom stereocenters. The number of benzene rings is 1. The summed E-state index contributed by atoms with van der Waals surface area (Å²) < 4.78 is 5.64. The average Bonchev–Trinajstić information content (AvgIpc) is 2.87. The van der Waals surface area contributed by atoms with Gasteiger partial charge in [0.2, 0.25) is 5.89 Å². The molecule has 0 N–H and O–H groups in total. The summed E-state index contributed by atoms with van der Waals surface area (Å²) in [6, 6.07) is 7.75. The van der Waals surface area contributed by atoms with Crippen LogP contribution in [0.15, 0.2) is 45.1 Å². The summed E-state index contributed by atoms with van der Waals surface area (Å²) in [5.41, 5.74) is 1.58. The first kappa shape index (κ1) is 13.1. The molecule has 0 aliphatic heterocycles. The highest BCUT2D eigenvalue weighted by Crippen LogP contribution is 2.28. The predicted molar refractivity (Wildman–Crippen MR) is 76.7 cm³/mol. The van der Waals surface area contributed by atoms with E-state index < -0.39 is 0 Å². The third kappa shape index (κ3) is 2.65. The highest BCUT2D eigenvalue weighted by molar-refractivity contribution is 7.99. The van der Waals surface area contributed by atoms with Crippen molar-refractivity contribution in [2.24, 2.45) is 0 Å². The zero-order chi connectivity index (χ0) is 14.2. The van der Waals surface area contributed by atoms with E-state index in [-0.39, 0.29) is 5.41 Å². The minimum atomic E-state index is -0.152. The number of rotatable bonds is 2. The molecule has 2 aromatic heterocycles. The topological polar surface area (TPSA) is 64.7 Å². The van der Waals surface area contributed by atoms with Crippen LogP contribution >= 0.6 is 11.8 Å². The first-order chi connectivity index (χ1) is 9.52. The SMILES string of the molecule is CC(C)(C)c1nnc(Sc2cnc3ccccc3n2)o1. The van der Waals surface area contributed by atoms with Crippen LogP contribution in [0.1, 0.15) is 26.7 Å². The lowest BCUT2D eigenvalue weighted by Crippen LogP contribution is -2.11. The van der Waals surface area contributed by atoms with Crippen molar-refractivity contribution in [2.45, 2.75) is 36.4 Å². The Labute approximate surface area is 120 Å². The van der Waals surface area contributed by atoms with Crippen LogP contribution < -0.4 is 0 Å². The molecule has 20 heavy (non-hydrogen) atoms. The van der Waals surface area contributed by atoms with Crippen molar-refractivity contribution in [2.75, 3.05) is 0 Å². The summed E-state index contributed by atoms with van der Waals surface area (Å²) in [7, 11) is 0. The van der Waals surface area contributed by atoms with Crippen LogP contribution in [0.3, 0.4) is 0 Å². The third-order valence-corrected chi connectivity index (χ3v) is 3.41. The normalized spacial score (nSPS) is 11.9. The van der Waals surface area contributed by atoms with Gasteiger partial charge < -0.3 is 4.42 Å². The van der Waals surface area contributed by atoms with E-state index in [0.717, 1.165) is 16.1 Å². The van der Waals surface area contributed by atoms with E-state index in [0.29, 0.717) is 11.1 Å². The standard InChI is InChI=1S/C14H14N4OS/c1-14(2,3)12-17-18-13(19-12)20-11-8-15-9-6-4-5-7-10(9)16-11/h4-8H,1-3H3. The molecule has 0 radical (unpaired) electrons. The molecule has 102 valence electrons. The average molecular weight is 286 g/mol. The molecule has 0 saturated carbocycles. The van der Waals surface area contributed by atoms with Gasteiger partial charge in [0.1, 0.15) is 5.03 Å². The number of nitrogens with zero attached hydrogens (tertiary/aromatic N) is 4. The quantitative estimate of drug-likeness (QED) is 0.718. The largest absolute Gasteiger partial charge is 0.415 e. The molecule has 0 saturated heterocycles. The highest BCUT2D eigenvalue weighted by atomic mass is 32.2. The number of para-hydroxylation sites is 2. The minimum absolute atomic E-state index is 0.152. The van der Waals surface area contributed by atoms with Crippen LogP contribution in [-0.4, -0.2) is 20.2 Å². The molecule has 5 nitrogen and oxygen atoms in total. The second-order valence-electron chi connectivity index (χ2n) is 5.42. The van der Waals surface area contributed by atoms with Crippen molar-refractivity contribution < 1.29 is 4.42 Å². The third-order valence-electron chi connectivity index (χ3n) is 2.67. The van der Waals surface area contributed by atoms with E-state index in [9.17, 15) is 0 Å². The van der Waals surface area contributed by atoms with Gasteiger partial charge >= 0.3 is 0 Å². The first-order valence-electron chi connectivity index (χ1n) is 6.26. The molecule has 0 aliphatic rings. The Balaban J connectivity index is 1.87. The van der Waals surface area contributed by atoms with Crippen LogP contribution in [0.4, 0.5) is 0 Å². The number of hydrogen-bond donors (Lipinski definition) is 0. The van der Waals surface area contributed by atoms with Crippen LogP contribution in [0.2, 0.25) is 0 Å². The van der Waals surface area contributed by atoms with Gasteiger partial charge in [0.05, 0.1) is 17.2 Å². The lowest BCUT2D eigenvalue weighted by atomic mass is 9.97. The molecule has 0 unspecified atom stereocenters. The van der Waals surface area contributed by atoms with E-state index in [4.69, 9.17) is 4.42 Å². The monoisotopic (exact) mass is 286 g/mol. The van der Waals surface area contributed by atoms with Gasteiger partial charge in [-0.25, -0.2) is 4.98 Å². The Hall–Kier alpha value is -1.95. The lowest BCUT2D eigenvalue weighted by molar-refractivity contribution is 0.347. The molecule has 3 aromatic rings. The van der Waals surface area contributed by atoms with E-state index in [1.54, 1.807) is 6.20 Å². The van der Waals surface area contributed by atoms with Gasteiger partial charge in [0.25, 0.3) is 5.22 Å². The molecule has 0 amide bonds. The van der Waals surface area contributed by atoms with Crippen molar-refractivity contribution in [1.29, 1.82) is 0 Å². The highest BCUT2D eigenvalue weighted by Gasteiger charge is 2.21. The van der Waals surface area contributed by atoms with Crippen LogP contribution in [-0.2, 0) is 5.41 Å². The van der Waals surface area contributed by atoms with Gasteiger partial charge in [-0.1, -0.05) is 32.9 Å². The van der Waals surface area contributed by atoms with Crippen LogP contribution in [0, 0.1) is 0 Å². The number of aromatic nitrogens is 4. The van der Waals surface area contributed by atoms with Crippen molar-refractivity contribution >= 4 is 22.8 Å². The molecule has 6 heteroatoms. The fourth-order valence-corrected chi connectivity index (χ4v) is 2.26. The van der Waals surface area contributed by atoms with E-state index in [2.05, 4.69) is 20.2 Å². The Morgan fingerprint density at radius 1 is 1.05 bits per heavy atom. The van der Waals surface area contributed by atoms with E-state index >= 15 is 0 Å². The van der Waals surface area contributed by atoms with Gasteiger partial charge in [-0.05, 0) is 23.9 Å². The zero-order valence-electron chi connectivity index (χ0n) is 11.5. The van der Waals surface area contributed by atoms with E-state index in [1.165, 1.54) is 11.8 Å². The maximum atomic E-state index is 5.64. The van der Waals surface area contributed by atoms with Crippen molar-refractivity contribution in [3.63, 3.8) is 0 Å². The lowest BCUT2D eigenvalue weighted by Gasteiger charge is -2.10. The fourth-order valence-electron chi connectivity index (χ4n) is 1.63. The van der Waals surface area contributed by atoms with Gasteiger partial charge in [0, 0.05) is 5.41 Å². The molecular weight excluding hydrogens is 272 g/mol. The van der Waals surface area contributed by atoms with Gasteiger partial charge in [-0.3, -0.25) is 4.98 Å². The second-order valence-corrected chi connectivity index (χ2v) is 6.39.